The van der Waals surface area contributed by atoms with Gasteiger partial charge in [-0.3, -0.25) is 19.1 Å². The van der Waals surface area contributed by atoms with Crippen molar-refractivity contribution in [2.75, 3.05) is 6.54 Å². The molecule has 1 aromatic heterocycles. The summed E-state index contributed by atoms with van der Waals surface area (Å²) >= 11 is 0. The van der Waals surface area contributed by atoms with Gasteiger partial charge in [0, 0.05) is 30.3 Å². The Kier molecular flexibility index (Phi) is 9.11. The highest BCUT2D eigenvalue weighted by molar-refractivity contribution is 7.90. The maximum absolute atomic E-state index is 14.5. The number of hydrogen-bond donors (Lipinski definition) is 1. The van der Waals surface area contributed by atoms with Gasteiger partial charge in [-0.1, -0.05) is 73.5 Å². The van der Waals surface area contributed by atoms with Crippen LogP contribution >= 0.6 is 0 Å². The molecule has 0 spiro atoms. The lowest BCUT2D eigenvalue weighted by Crippen LogP contribution is -2.46. The highest BCUT2D eigenvalue weighted by Crippen LogP contribution is 2.57. The third-order valence-corrected chi connectivity index (χ3v) is 12.4. The van der Waals surface area contributed by atoms with E-state index >= 15 is 0 Å². The molecule has 0 radical (unpaired) electrons. The van der Waals surface area contributed by atoms with Gasteiger partial charge in [-0.25, -0.2) is 13.4 Å². The van der Waals surface area contributed by atoms with Crippen molar-refractivity contribution in [2.24, 2.45) is 17.3 Å². The van der Waals surface area contributed by atoms with Gasteiger partial charge in [-0.15, -0.1) is 0 Å². The summed E-state index contributed by atoms with van der Waals surface area (Å²) in [6, 6.07) is 18.9. The number of aromatic nitrogens is 1. The summed E-state index contributed by atoms with van der Waals surface area (Å²) in [4.78, 5) is 48.8. The third-order valence-electron chi connectivity index (χ3n) is 10.6. The summed E-state index contributed by atoms with van der Waals surface area (Å²) in [5, 5.41) is 1.28. The molecule has 0 unspecified atom stereocenters. The van der Waals surface area contributed by atoms with Crippen LogP contribution in [0.25, 0.3) is 10.8 Å². The van der Waals surface area contributed by atoms with E-state index < -0.39 is 38.7 Å². The van der Waals surface area contributed by atoms with Crippen molar-refractivity contribution in [3.63, 3.8) is 0 Å². The van der Waals surface area contributed by atoms with E-state index in [2.05, 4.69) is 15.8 Å². The molecule has 10 heteroatoms. The van der Waals surface area contributed by atoms with Gasteiger partial charge in [-0.2, -0.15) is 0 Å². The van der Waals surface area contributed by atoms with E-state index in [4.69, 9.17) is 4.74 Å². The Morgan fingerprint density at radius 1 is 0.979 bits per heavy atom. The summed E-state index contributed by atoms with van der Waals surface area (Å²) in [7, 11) is -3.78. The zero-order chi connectivity index (χ0) is 33.3. The molecule has 3 fully saturated rings. The average Bonchev–Trinajstić information content (AvgIpc) is 4.01. The number of nitrogens with zero attached hydrogens (tertiary/aromatic N) is 2. The van der Waals surface area contributed by atoms with Crippen LogP contribution in [-0.2, 0) is 30.8 Å². The molecule has 0 bridgehead atoms. The smallest absolute Gasteiger partial charge is 0.240 e. The van der Waals surface area contributed by atoms with Gasteiger partial charge in [0.2, 0.25) is 27.7 Å². The normalized spacial score (nSPS) is 28.9. The fourth-order valence-corrected chi connectivity index (χ4v) is 8.95. The molecular formula is C38H43N3O6S. The van der Waals surface area contributed by atoms with Crippen LogP contribution in [0.5, 0.6) is 5.88 Å². The first kappa shape index (κ1) is 32.5. The SMILES string of the molecule is O=C1C[C@]2(C(=O)NS(=O)(=O)C3CC3)C[C@H]2/C=C\CCCCC[C@H](Cc2ccccc2)C(=O)N2C[C@H](Oc3nccc4ccccc34)C[C@@H]12. The van der Waals surface area contributed by atoms with E-state index in [1.54, 1.807) is 11.1 Å². The number of allylic oxidation sites excluding steroid dienone is 2. The summed E-state index contributed by atoms with van der Waals surface area (Å²) in [5.41, 5.74) is -0.0795. The quantitative estimate of drug-likeness (QED) is 0.328. The van der Waals surface area contributed by atoms with Crippen molar-refractivity contribution < 1.29 is 27.5 Å². The number of carbonyl (C=O) groups is 3. The summed E-state index contributed by atoms with van der Waals surface area (Å²) in [6.45, 7) is 0.226. The standard InChI is InChI=1S/C38H43N3O6S/c42-34-24-38(37(44)40-48(45,46)31-17-18-31)23-29(38)15-8-3-1-2-7-14-28(21-26-11-5-4-6-12-26)36(43)41-25-30(22-33(34)41)47-35-32-16-10-9-13-27(32)19-20-39-35/h4-6,8-13,15-16,19-20,28-31,33H,1-3,7,14,17-18,21-25H2,(H,40,44)/b15-8-/t28-,29-,30-,33+,38-/m1/s1. The predicted molar refractivity (Wildman–Crippen MR) is 182 cm³/mol. The molecular weight excluding hydrogens is 627 g/mol. The lowest BCUT2D eigenvalue weighted by atomic mass is 9.90. The van der Waals surface area contributed by atoms with E-state index in [1.807, 2.05) is 66.7 Å². The van der Waals surface area contributed by atoms with Crippen LogP contribution in [0.1, 0.15) is 69.8 Å². The van der Waals surface area contributed by atoms with Crippen LogP contribution in [0, 0.1) is 17.3 Å². The van der Waals surface area contributed by atoms with Crippen molar-refractivity contribution in [3.8, 4) is 5.88 Å². The molecule has 2 aliphatic heterocycles. The Morgan fingerprint density at radius 2 is 1.77 bits per heavy atom. The van der Waals surface area contributed by atoms with E-state index in [0.29, 0.717) is 38.0 Å². The molecule has 1 N–H and O–H groups in total. The van der Waals surface area contributed by atoms with Crippen molar-refractivity contribution in [1.29, 1.82) is 0 Å². The molecule has 48 heavy (non-hydrogen) atoms. The number of pyridine rings is 1. The third kappa shape index (κ3) is 6.90. The summed E-state index contributed by atoms with van der Waals surface area (Å²) < 4.78 is 34.4. The first-order valence-electron chi connectivity index (χ1n) is 17.3. The average molecular weight is 670 g/mol. The second-order valence-electron chi connectivity index (χ2n) is 14.1. The zero-order valence-electron chi connectivity index (χ0n) is 27.1. The van der Waals surface area contributed by atoms with Crippen LogP contribution in [0.4, 0.5) is 0 Å². The minimum atomic E-state index is -3.78. The van der Waals surface area contributed by atoms with Crippen molar-refractivity contribution in [2.45, 2.75) is 88.0 Å². The number of amides is 2. The number of nitrogens with one attached hydrogen (secondary N) is 1. The maximum atomic E-state index is 14.5. The molecule has 3 heterocycles. The van der Waals surface area contributed by atoms with Gasteiger partial charge >= 0.3 is 0 Å². The fraction of sp³-hybridized carbons (Fsp3) is 0.474. The van der Waals surface area contributed by atoms with Gasteiger partial charge < -0.3 is 9.64 Å². The van der Waals surface area contributed by atoms with Crippen LogP contribution in [-0.4, -0.2) is 59.8 Å². The van der Waals surface area contributed by atoms with Crippen LogP contribution in [0.15, 0.2) is 79.0 Å². The van der Waals surface area contributed by atoms with E-state index in [-0.39, 0.29) is 42.9 Å². The topological polar surface area (TPSA) is 123 Å². The lowest BCUT2D eigenvalue weighted by Gasteiger charge is -2.29. The molecule has 1 saturated heterocycles. The first-order valence-corrected chi connectivity index (χ1v) is 18.9. The number of sulfonamides is 1. The Hall–Kier alpha value is -4.05. The lowest BCUT2D eigenvalue weighted by molar-refractivity contribution is -0.142. The number of rotatable bonds is 7. The fourth-order valence-electron chi connectivity index (χ4n) is 7.56. The Balaban J connectivity index is 1.19. The number of hydrogen-bond acceptors (Lipinski definition) is 7. The molecule has 2 saturated carbocycles. The largest absolute Gasteiger partial charge is 0.472 e. The molecule has 2 aliphatic carbocycles. The number of ketones is 1. The van der Waals surface area contributed by atoms with Gasteiger partial charge in [-0.05, 0) is 73.9 Å². The number of carbonyl (C=O) groups excluding carboxylic acids is 3. The van der Waals surface area contributed by atoms with Crippen molar-refractivity contribution in [1.82, 2.24) is 14.6 Å². The van der Waals surface area contributed by atoms with Crippen molar-refractivity contribution >= 4 is 38.4 Å². The van der Waals surface area contributed by atoms with Gasteiger partial charge in [0.25, 0.3) is 0 Å². The molecule has 3 aromatic rings. The number of fused-ring (bicyclic) bond motifs is 3. The second-order valence-corrected chi connectivity index (χ2v) is 16.0. The summed E-state index contributed by atoms with van der Waals surface area (Å²) in [6.07, 6.45) is 11.8. The van der Waals surface area contributed by atoms with E-state index in [1.165, 1.54) is 0 Å². The Bertz CT molecular complexity index is 1820. The van der Waals surface area contributed by atoms with Crippen molar-refractivity contribution in [3.05, 3.63) is 84.6 Å². The minimum absolute atomic E-state index is 0.0793. The van der Waals surface area contributed by atoms with Crippen LogP contribution in [0.2, 0.25) is 0 Å². The number of Topliss-reactive ketones (excluding diaryl/α,β-unsaturated/α-hetero) is 1. The van der Waals surface area contributed by atoms with Gasteiger partial charge in [0.15, 0.2) is 5.78 Å². The first-order chi connectivity index (χ1) is 23.2. The van der Waals surface area contributed by atoms with Crippen LogP contribution in [0.3, 0.4) is 0 Å². The van der Waals surface area contributed by atoms with E-state index in [9.17, 15) is 22.8 Å². The monoisotopic (exact) mass is 669 g/mol. The van der Waals surface area contributed by atoms with Gasteiger partial charge in [0.1, 0.15) is 6.10 Å². The van der Waals surface area contributed by atoms with Gasteiger partial charge in [0.05, 0.1) is 23.3 Å². The summed E-state index contributed by atoms with van der Waals surface area (Å²) in [5.74, 6) is -1.01. The highest BCUT2D eigenvalue weighted by atomic mass is 32.2. The predicted octanol–water partition coefficient (Wildman–Crippen LogP) is 5.54. The molecule has 5 atom stereocenters. The number of ether oxygens (including phenoxy) is 1. The highest BCUT2D eigenvalue weighted by Gasteiger charge is 2.61. The Labute approximate surface area is 282 Å². The van der Waals surface area contributed by atoms with E-state index in [0.717, 1.165) is 42.0 Å². The molecule has 2 aromatic carbocycles. The molecule has 9 nitrogen and oxygen atoms in total. The molecule has 2 amide bonds. The number of benzene rings is 2. The minimum Gasteiger partial charge on any atom is -0.472 e. The molecule has 252 valence electrons. The maximum Gasteiger partial charge on any atom is 0.240 e. The molecule has 7 rings (SSSR count). The Morgan fingerprint density at radius 3 is 2.58 bits per heavy atom. The zero-order valence-corrected chi connectivity index (χ0v) is 27.9. The molecule has 4 aliphatic rings. The second kappa shape index (κ2) is 13.5. The van der Waals surface area contributed by atoms with Crippen LogP contribution < -0.4 is 9.46 Å².